The fourth-order valence-electron chi connectivity index (χ4n) is 2.36. The summed E-state index contributed by atoms with van der Waals surface area (Å²) in [5.41, 5.74) is 0.590. The van der Waals surface area contributed by atoms with E-state index >= 15 is 0 Å². The van der Waals surface area contributed by atoms with Crippen molar-refractivity contribution in [1.29, 1.82) is 0 Å². The predicted octanol–water partition coefficient (Wildman–Crippen LogP) is 2.71. The zero-order chi connectivity index (χ0) is 14.0. The number of carbonyl (C=O) groups is 1. The van der Waals surface area contributed by atoms with Crippen LogP contribution in [0.4, 0.5) is 0 Å². The number of morpholine rings is 1. The molecule has 4 nitrogen and oxygen atoms in total. The Hall–Kier alpha value is -1.07. The molecule has 0 N–H and O–H groups in total. The third-order valence-corrected chi connectivity index (χ3v) is 3.59. The quantitative estimate of drug-likeness (QED) is 0.838. The largest absolute Gasteiger partial charge is 0.496 e. The Morgan fingerprint density at radius 3 is 2.58 bits per heavy atom. The van der Waals surface area contributed by atoms with Gasteiger partial charge in [0.2, 0.25) is 0 Å². The van der Waals surface area contributed by atoms with E-state index in [1.54, 1.807) is 19.2 Å². The molecule has 1 aromatic carbocycles. The van der Waals surface area contributed by atoms with Gasteiger partial charge in [-0.05, 0) is 32.0 Å². The van der Waals surface area contributed by atoms with E-state index in [0.717, 1.165) is 4.47 Å². The molecule has 2 atom stereocenters. The second kappa shape index (κ2) is 5.92. The number of methoxy groups -OCH3 is 1. The van der Waals surface area contributed by atoms with Crippen molar-refractivity contribution in [2.45, 2.75) is 26.1 Å². The van der Waals surface area contributed by atoms with Crippen LogP contribution >= 0.6 is 15.9 Å². The molecule has 0 saturated carbocycles. The van der Waals surface area contributed by atoms with Crippen molar-refractivity contribution in [3.8, 4) is 5.75 Å². The first-order valence-electron chi connectivity index (χ1n) is 6.29. The number of halogens is 1. The summed E-state index contributed by atoms with van der Waals surface area (Å²) in [6.07, 6.45) is 0.128. The van der Waals surface area contributed by atoms with Crippen LogP contribution in [-0.2, 0) is 4.74 Å². The zero-order valence-corrected chi connectivity index (χ0v) is 12.9. The number of rotatable bonds is 2. The summed E-state index contributed by atoms with van der Waals surface area (Å²) in [6.45, 7) is 5.19. The number of carbonyl (C=O) groups excluding carboxylic acids is 1. The third-order valence-electron chi connectivity index (χ3n) is 3.10. The minimum absolute atomic E-state index is 0.00801. The monoisotopic (exact) mass is 327 g/mol. The number of hydrogen-bond acceptors (Lipinski definition) is 3. The second-order valence-corrected chi connectivity index (χ2v) is 5.73. The SMILES string of the molecule is COc1cc(Br)ccc1C(=O)N1C[C@@H](C)O[C@@H](C)C1. The highest BCUT2D eigenvalue weighted by atomic mass is 79.9. The lowest BCUT2D eigenvalue weighted by atomic mass is 10.1. The van der Waals surface area contributed by atoms with Crippen LogP contribution in [0.3, 0.4) is 0 Å². The smallest absolute Gasteiger partial charge is 0.257 e. The van der Waals surface area contributed by atoms with Gasteiger partial charge in [0, 0.05) is 17.6 Å². The van der Waals surface area contributed by atoms with Crippen LogP contribution in [0.1, 0.15) is 24.2 Å². The Balaban J connectivity index is 2.24. The van der Waals surface area contributed by atoms with E-state index in [1.165, 1.54) is 0 Å². The molecule has 1 aromatic rings. The summed E-state index contributed by atoms with van der Waals surface area (Å²) in [4.78, 5) is 14.4. The topological polar surface area (TPSA) is 38.8 Å². The van der Waals surface area contributed by atoms with E-state index < -0.39 is 0 Å². The number of nitrogens with zero attached hydrogens (tertiary/aromatic N) is 1. The van der Waals surface area contributed by atoms with Gasteiger partial charge in [0.05, 0.1) is 24.9 Å². The van der Waals surface area contributed by atoms with Crippen LogP contribution in [0.25, 0.3) is 0 Å². The Morgan fingerprint density at radius 1 is 1.37 bits per heavy atom. The van der Waals surface area contributed by atoms with E-state index in [2.05, 4.69) is 15.9 Å². The van der Waals surface area contributed by atoms with E-state index in [1.807, 2.05) is 24.8 Å². The molecule has 0 aliphatic carbocycles. The minimum Gasteiger partial charge on any atom is -0.496 e. The van der Waals surface area contributed by atoms with Gasteiger partial charge in [-0.3, -0.25) is 4.79 Å². The first-order valence-corrected chi connectivity index (χ1v) is 7.09. The van der Waals surface area contributed by atoms with Gasteiger partial charge in [-0.25, -0.2) is 0 Å². The first kappa shape index (κ1) is 14.3. The van der Waals surface area contributed by atoms with E-state index in [9.17, 15) is 4.79 Å². The summed E-state index contributed by atoms with van der Waals surface area (Å²) in [7, 11) is 1.57. The Morgan fingerprint density at radius 2 is 2.00 bits per heavy atom. The molecule has 0 aromatic heterocycles. The molecule has 1 fully saturated rings. The second-order valence-electron chi connectivity index (χ2n) is 4.81. The lowest BCUT2D eigenvalue weighted by Crippen LogP contribution is -2.48. The molecule has 5 heteroatoms. The molecule has 19 heavy (non-hydrogen) atoms. The summed E-state index contributed by atoms with van der Waals surface area (Å²) in [5.74, 6) is 0.581. The van der Waals surface area contributed by atoms with Crippen molar-refractivity contribution in [2.24, 2.45) is 0 Å². The van der Waals surface area contributed by atoms with Gasteiger partial charge in [0.25, 0.3) is 5.91 Å². The Bertz CT molecular complexity index is 468. The molecule has 2 rings (SSSR count). The average Bonchev–Trinajstić information content (AvgIpc) is 2.36. The predicted molar refractivity (Wildman–Crippen MR) is 76.6 cm³/mol. The first-order chi connectivity index (χ1) is 9.01. The Kier molecular flexibility index (Phi) is 4.47. The standard InChI is InChI=1S/C14H18BrNO3/c1-9-7-16(8-10(2)19-9)14(17)12-5-4-11(15)6-13(12)18-3/h4-6,9-10H,7-8H2,1-3H3/t9-,10+. The van der Waals surface area contributed by atoms with Crippen LogP contribution in [0.15, 0.2) is 22.7 Å². The van der Waals surface area contributed by atoms with Gasteiger partial charge in [-0.1, -0.05) is 15.9 Å². The summed E-state index contributed by atoms with van der Waals surface area (Å²) in [5, 5.41) is 0. The lowest BCUT2D eigenvalue weighted by molar-refractivity contribution is -0.0586. The minimum atomic E-state index is -0.00801. The van der Waals surface area contributed by atoms with Gasteiger partial charge in [-0.2, -0.15) is 0 Å². The van der Waals surface area contributed by atoms with Gasteiger partial charge in [-0.15, -0.1) is 0 Å². The molecular formula is C14H18BrNO3. The summed E-state index contributed by atoms with van der Waals surface area (Å²) in [6, 6.07) is 5.44. The Labute approximate surface area is 121 Å². The molecule has 0 bridgehead atoms. The molecule has 1 aliphatic rings. The van der Waals surface area contributed by atoms with Crippen LogP contribution in [0.5, 0.6) is 5.75 Å². The van der Waals surface area contributed by atoms with Crippen LogP contribution in [-0.4, -0.2) is 43.2 Å². The molecule has 1 heterocycles. The van der Waals surface area contributed by atoms with Crippen molar-refractivity contribution in [1.82, 2.24) is 4.90 Å². The molecule has 0 spiro atoms. The molecule has 1 saturated heterocycles. The fourth-order valence-corrected chi connectivity index (χ4v) is 2.70. The normalized spacial score (nSPS) is 23.3. The summed E-state index contributed by atoms with van der Waals surface area (Å²) >= 11 is 3.38. The van der Waals surface area contributed by atoms with Crippen LogP contribution in [0.2, 0.25) is 0 Å². The van der Waals surface area contributed by atoms with E-state index in [4.69, 9.17) is 9.47 Å². The number of hydrogen-bond donors (Lipinski definition) is 0. The van der Waals surface area contributed by atoms with Gasteiger partial charge >= 0.3 is 0 Å². The number of amides is 1. The maximum absolute atomic E-state index is 12.6. The maximum Gasteiger partial charge on any atom is 0.257 e. The van der Waals surface area contributed by atoms with Gasteiger partial charge in [0.15, 0.2) is 0 Å². The highest BCUT2D eigenvalue weighted by Crippen LogP contribution is 2.25. The molecule has 1 aliphatic heterocycles. The van der Waals surface area contributed by atoms with Crippen LogP contribution in [0, 0.1) is 0 Å². The molecule has 104 valence electrons. The molecule has 1 amide bonds. The zero-order valence-electron chi connectivity index (χ0n) is 11.4. The van der Waals surface area contributed by atoms with Gasteiger partial charge in [0.1, 0.15) is 5.75 Å². The van der Waals surface area contributed by atoms with Gasteiger partial charge < -0.3 is 14.4 Å². The molecule has 0 radical (unpaired) electrons. The van der Waals surface area contributed by atoms with Crippen molar-refractivity contribution < 1.29 is 14.3 Å². The summed E-state index contributed by atoms with van der Waals surface area (Å²) < 4.78 is 11.8. The van der Waals surface area contributed by atoms with E-state index in [0.29, 0.717) is 24.4 Å². The van der Waals surface area contributed by atoms with Crippen molar-refractivity contribution >= 4 is 21.8 Å². The average molecular weight is 328 g/mol. The molecule has 0 unspecified atom stereocenters. The molecular weight excluding hydrogens is 310 g/mol. The maximum atomic E-state index is 12.6. The number of ether oxygens (including phenoxy) is 2. The van der Waals surface area contributed by atoms with Crippen molar-refractivity contribution in [3.05, 3.63) is 28.2 Å². The highest BCUT2D eigenvalue weighted by Gasteiger charge is 2.28. The third kappa shape index (κ3) is 3.28. The van der Waals surface area contributed by atoms with Crippen molar-refractivity contribution in [2.75, 3.05) is 20.2 Å². The van der Waals surface area contributed by atoms with Crippen molar-refractivity contribution in [3.63, 3.8) is 0 Å². The fraction of sp³-hybridized carbons (Fsp3) is 0.500. The lowest BCUT2D eigenvalue weighted by Gasteiger charge is -2.35. The van der Waals surface area contributed by atoms with E-state index in [-0.39, 0.29) is 18.1 Å². The highest BCUT2D eigenvalue weighted by molar-refractivity contribution is 9.10. The number of benzene rings is 1. The van der Waals surface area contributed by atoms with Crippen LogP contribution < -0.4 is 4.74 Å².